The molecule has 0 bridgehead atoms. The van der Waals surface area contributed by atoms with E-state index in [1.165, 1.54) is 89.9 Å². The standard InChI is InChI=1S/C19H37O2.H3O4P/c1-3-4-5-6-7-8-9-10-11-12-13-14-15-16-17-18-19-21-20-2;1-5(2,3)4/h18-19H,2-17H2,1H3;(H3,1,2,3,4). The van der Waals surface area contributed by atoms with Crippen LogP contribution in [0.4, 0.5) is 0 Å². The molecule has 0 aliphatic carbocycles. The number of phosphoric acid groups is 1. The van der Waals surface area contributed by atoms with Crippen LogP contribution in [0.15, 0.2) is 12.3 Å². The van der Waals surface area contributed by atoms with Gasteiger partial charge in [-0.15, -0.1) is 0 Å². The number of unbranched alkanes of at least 4 members (excludes halogenated alkanes) is 14. The third-order valence-corrected chi connectivity index (χ3v) is 3.94. The Morgan fingerprint density at radius 3 is 1.46 bits per heavy atom. The van der Waals surface area contributed by atoms with Crippen molar-refractivity contribution in [3.05, 3.63) is 19.4 Å². The Morgan fingerprint density at radius 1 is 0.769 bits per heavy atom. The summed E-state index contributed by atoms with van der Waals surface area (Å²) in [5, 5.41) is 0. The smallest absolute Gasteiger partial charge is 0.346 e. The van der Waals surface area contributed by atoms with Crippen LogP contribution in [0.3, 0.4) is 0 Å². The molecule has 0 amide bonds. The van der Waals surface area contributed by atoms with Crippen LogP contribution < -0.4 is 0 Å². The molecular formula is C19H40O6P. The van der Waals surface area contributed by atoms with Crippen molar-refractivity contribution in [3.8, 4) is 0 Å². The molecule has 0 aromatic heterocycles. The lowest BCUT2D eigenvalue weighted by Gasteiger charge is -2.02. The lowest BCUT2D eigenvalue weighted by atomic mass is 10.0. The summed E-state index contributed by atoms with van der Waals surface area (Å²) >= 11 is 0. The second-order valence-corrected chi connectivity index (χ2v) is 7.51. The van der Waals surface area contributed by atoms with Crippen LogP contribution in [0.25, 0.3) is 0 Å². The minimum atomic E-state index is -4.64. The van der Waals surface area contributed by atoms with Gasteiger partial charge in [0.15, 0.2) is 0 Å². The normalized spacial score (nSPS) is 11.4. The molecule has 26 heavy (non-hydrogen) atoms. The average Bonchev–Trinajstić information content (AvgIpc) is 2.56. The third-order valence-electron chi connectivity index (χ3n) is 3.94. The van der Waals surface area contributed by atoms with Gasteiger partial charge in [0.2, 0.25) is 0 Å². The molecule has 157 valence electrons. The molecule has 0 aliphatic heterocycles. The first kappa shape index (κ1) is 27.8. The minimum absolute atomic E-state index is 1.07. The van der Waals surface area contributed by atoms with Crippen molar-refractivity contribution in [3.63, 3.8) is 0 Å². The second kappa shape index (κ2) is 22.7. The zero-order valence-corrected chi connectivity index (χ0v) is 17.4. The molecule has 0 heterocycles. The SMILES string of the molecule is O=P(O)(O)O.[CH2]OOC=CCCCCCCCCCCCCCCCC. The third kappa shape index (κ3) is 38.9. The summed E-state index contributed by atoms with van der Waals surface area (Å²) in [6, 6.07) is 0. The van der Waals surface area contributed by atoms with Crippen LogP contribution in [0.5, 0.6) is 0 Å². The van der Waals surface area contributed by atoms with Gasteiger partial charge in [-0.25, -0.2) is 4.57 Å². The van der Waals surface area contributed by atoms with Crippen molar-refractivity contribution in [1.82, 2.24) is 0 Å². The lowest BCUT2D eigenvalue weighted by molar-refractivity contribution is -0.200. The molecule has 0 saturated heterocycles. The summed E-state index contributed by atoms with van der Waals surface area (Å²) in [5.41, 5.74) is 0. The predicted molar refractivity (Wildman–Crippen MR) is 106 cm³/mol. The second-order valence-electron chi connectivity index (χ2n) is 6.48. The monoisotopic (exact) mass is 395 g/mol. The maximum atomic E-state index is 8.88. The summed E-state index contributed by atoms with van der Waals surface area (Å²) in [6.07, 6.45) is 24.3. The van der Waals surface area contributed by atoms with E-state index in [2.05, 4.69) is 23.8 Å². The zero-order valence-electron chi connectivity index (χ0n) is 16.5. The molecule has 0 saturated carbocycles. The number of allylic oxidation sites excluding steroid dienone is 1. The Morgan fingerprint density at radius 2 is 1.12 bits per heavy atom. The number of hydrogen-bond donors (Lipinski definition) is 3. The Kier molecular flexibility index (Phi) is 24.2. The van der Waals surface area contributed by atoms with E-state index in [1.54, 1.807) is 6.26 Å². The number of hydrogen-bond acceptors (Lipinski definition) is 3. The van der Waals surface area contributed by atoms with E-state index in [1.807, 2.05) is 6.08 Å². The fourth-order valence-corrected chi connectivity index (χ4v) is 2.60. The highest BCUT2D eigenvalue weighted by Crippen LogP contribution is 2.25. The van der Waals surface area contributed by atoms with E-state index in [0.717, 1.165) is 6.42 Å². The summed E-state index contributed by atoms with van der Waals surface area (Å²) < 4.78 is 8.88. The van der Waals surface area contributed by atoms with Crippen molar-refractivity contribution in [2.45, 2.75) is 103 Å². The average molecular weight is 395 g/mol. The van der Waals surface area contributed by atoms with Crippen LogP contribution >= 0.6 is 7.82 Å². The van der Waals surface area contributed by atoms with Gasteiger partial charge >= 0.3 is 7.82 Å². The van der Waals surface area contributed by atoms with Gasteiger partial charge in [-0.2, -0.15) is 4.89 Å². The quantitative estimate of drug-likeness (QED) is 0.0894. The van der Waals surface area contributed by atoms with Crippen molar-refractivity contribution < 1.29 is 29.0 Å². The van der Waals surface area contributed by atoms with E-state index in [0.29, 0.717) is 0 Å². The highest BCUT2D eigenvalue weighted by Gasteiger charge is 2.00. The first-order valence-corrected chi connectivity index (χ1v) is 11.5. The molecule has 0 spiro atoms. The van der Waals surface area contributed by atoms with Crippen LogP contribution in [0, 0.1) is 7.11 Å². The summed E-state index contributed by atoms with van der Waals surface area (Å²) in [7, 11) is -1.52. The van der Waals surface area contributed by atoms with Crippen LogP contribution in [-0.4, -0.2) is 14.7 Å². The van der Waals surface area contributed by atoms with Gasteiger partial charge in [-0.1, -0.05) is 90.4 Å². The molecular weight excluding hydrogens is 355 g/mol. The maximum Gasteiger partial charge on any atom is 0.466 e. The summed E-state index contributed by atoms with van der Waals surface area (Å²) in [6.45, 7) is 2.28. The minimum Gasteiger partial charge on any atom is -0.346 e. The van der Waals surface area contributed by atoms with E-state index in [4.69, 9.17) is 19.2 Å². The summed E-state index contributed by atoms with van der Waals surface area (Å²) in [4.78, 5) is 30.4. The van der Waals surface area contributed by atoms with Gasteiger partial charge in [-0.05, 0) is 18.9 Å². The Hall–Kier alpha value is -0.390. The van der Waals surface area contributed by atoms with Crippen LogP contribution in [0.2, 0.25) is 0 Å². The Bertz CT molecular complexity index is 322. The topological polar surface area (TPSA) is 96.2 Å². The highest BCUT2D eigenvalue weighted by molar-refractivity contribution is 7.45. The van der Waals surface area contributed by atoms with E-state index < -0.39 is 7.82 Å². The fraction of sp³-hybridized carbons (Fsp3) is 0.842. The first-order chi connectivity index (χ1) is 12.4. The summed E-state index contributed by atoms with van der Waals surface area (Å²) in [5.74, 6) is 0. The van der Waals surface area contributed by atoms with Crippen molar-refractivity contribution >= 4 is 7.82 Å². The predicted octanol–water partition coefficient (Wildman–Crippen LogP) is 6.18. The zero-order chi connectivity index (χ0) is 19.9. The van der Waals surface area contributed by atoms with Gasteiger partial charge in [0, 0.05) is 0 Å². The molecule has 7 heteroatoms. The van der Waals surface area contributed by atoms with Gasteiger partial charge in [0.25, 0.3) is 0 Å². The van der Waals surface area contributed by atoms with Crippen LogP contribution in [-0.2, 0) is 14.3 Å². The molecule has 3 N–H and O–H groups in total. The Labute approximate surface area is 160 Å². The van der Waals surface area contributed by atoms with E-state index in [-0.39, 0.29) is 0 Å². The lowest BCUT2D eigenvalue weighted by Crippen LogP contribution is -1.83. The van der Waals surface area contributed by atoms with E-state index >= 15 is 0 Å². The fourth-order valence-electron chi connectivity index (χ4n) is 2.60. The van der Waals surface area contributed by atoms with Crippen molar-refractivity contribution in [1.29, 1.82) is 0 Å². The largest absolute Gasteiger partial charge is 0.466 e. The maximum absolute atomic E-state index is 8.88. The van der Waals surface area contributed by atoms with Gasteiger partial charge in [0.1, 0.15) is 13.4 Å². The Balaban J connectivity index is 0. The van der Waals surface area contributed by atoms with E-state index in [9.17, 15) is 0 Å². The van der Waals surface area contributed by atoms with Gasteiger partial charge in [0.05, 0.1) is 0 Å². The highest BCUT2D eigenvalue weighted by atomic mass is 31.2. The molecule has 6 nitrogen and oxygen atoms in total. The van der Waals surface area contributed by atoms with Crippen LogP contribution in [0.1, 0.15) is 103 Å². The number of rotatable bonds is 17. The molecule has 0 aromatic carbocycles. The molecule has 0 atom stereocenters. The molecule has 0 aliphatic rings. The molecule has 1 radical (unpaired) electrons. The first-order valence-electron chi connectivity index (χ1n) is 9.92. The van der Waals surface area contributed by atoms with Crippen molar-refractivity contribution in [2.24, 2.45) is 0 Å². The molecule has 0 fully saturated rings. The van der Waals surface area contributed by atoms with Gasteiger partial charge in [-0.3, -0.25) is 0 Å². The molecule has 0 rings (SSSR count). The van der Waals surface area contributed by atoms with Gasteiger partial charge < -0.3 is 19.6 Å². The van der Waals surface area contributed by atoms with Crippen molar-refractivity contribution in [2.75, 3.05) is 0 Å². The molecule has 0 aromatic rings. The molecule has 0 unspecified atom stereocenters.